The minimum absolute atomic E-state index is 0. The summed E-state index contributed by atoms with van der Waals surface area (Å²) in [4.78, 5) is 14.7. The Morgan fingerprint density at radius 2 is 1.52 bits per heavy atom. The van der Waals surface area contributed by atoms with Crippen LogP contribution in [0.4, 0.5) is 0 Å². The average molecular weight is 321 g/mol. The molecule has 0 bridgehead atoms. The third kappa shape index (κ3) is 10.1. The van der Waals surface area contributed by atoms with Crippen LogP contribution in [0.25, 0.3) is 0 Å². The largest absolute Gasteiger partial charge is 0.343 e. The maximum atomic E-state index is 12.3. The van der Waals surface area contributed by atoms with Crippen LogP contribution in [0.1, 0.15) is 73.1 Å². The van der Waals surface area contributed by atoms with Gasteiger partial charge in [-0.2, -0.15) is 0 Å². The second-order valence-corrected chi connectivity index (χ2v) is 5.92. The number of amides is 1. The van der Waals surface area contributed by atoms with Crippen molar-refractivity contribution in [3.05, 3.63) is 0 Å². The van der Waals surface area contributed by atoms with Crippen LogP contribution < -0.4 is 5.32 Å². The van der Waals surface area contributed by atoms with E-state index in [9.17, 15) is 4.79 Å². The van der Waals surface area contributed by atoms with Crippen LogP contribution in [0.2, 0.25) is 0 Å². The van der Waals surface area contributed by atoms with E-state index in [1.165, 1.54) is 25.7 Å². The highest BCUT2D eigenvalue weighted by molar-refractivity contribution is 5.85. The summed E-state index contributed by atoms with van der Waals surface area (Å²) in [5, 5.41) is 3.15. The fourth-order valence-electron chi connectivity index (χ4n) is 2.48. The van der Waals surface area contributed by atoms with E-state index in [4.69, 9.17) is 0 Å². The smallest absolute Gasteiger partial charge is 0.224 e. The Kier molecular flexibility index (Phi) is 16.0. The van der Waals surface area contributed by atoms with Gasteiger partial charge in [0.2, 0.25) is 5.91 Å². The van der Waals surface area contributed by atoms with Gasteiger partial charge < -0.3 is 5.32 Å². The summed E-state index contributed by atoms with van der Waals surface area (Å²) in [7, 11) is 0. The summed E-state index contributed by atoms with van der Waals surface area (Å²) >= 11 is 0. The first-order valence-corrected chi connectivity index (χ1v) is 8.60. The first kappa shape index (κ1) is 23.0. The Morgan fingerprint density at radius 3 is 1.90 bits per heavy atom. The van der Waals surface area contributed by atoms with Crippen molar-refractivity contribution >= 4 is 18.3 Å². The molecule has 2 atom stereocenters. The van der Waals surface area contributed by atoms with E-state index >= 15 is 0 Å². The minimum Gasteiger partial charge on any atom is -0.343 e. The predicted octanol–water partition coefficient (Wildman–Crippen LogP) is 4.46. The number of hydrogen-bond donors (Lipinski definition) is 1. The van der Waals surface area contributed by atoms with Crippen molar-refractivity contribution in [1.82, 2.24) is 10.2 Å². The summed E-state index contributed by atoms with van der Waals surface area (Å²) in [6, 6.07) is 0. The molecule has 2 unspecified atom stereocenters. The minimum atomic E-state index is 0. The van der Waals surface area contributed by atoms with Crippen LogP contribution in [0.5, 0.6) is 0 Å². The highest BCUT2D eigenvalue weighted by Gasteiger charge is 2.22. The predicted molar refractivity (Wildman–Crippen MR) is 94.9 cm³/mol. The van der Waals surface area contributed by atoms with Crippen LogP contribution in [0, 0.1) is 11.8 Å². The maximum Gasteiger partial charge on any atom is 0.224 e. The van der Waals surface area contributed by atoms with Crippen LogP contribution in [0.3, 0.4) is 0 Å². The van der Waals surface area contributed by atoms with E-state index in [-0.39, 0.29) is 24.2 Å². The summed E-state index contributed by atoms with van der Waals surface area (Å²) in [5.74, 6) is 0.874. The van der Waals surface area contributed by atoms with Crippen LogP contribution >= 0.6 is 12.4 Å². The number of carbonyl (C=O) groups excluding carboxylic acids is 1. The number of nitrogens with one attached hydrogen (secondary N) is 1. The molecule has 0 saturated carbocycles. The molecule has 0 aromatic carbocycles. The van der Waals surface area contributed by atoms with Gasteiger partial charge in [0.15, 0.2) is 0 Å². The molecular formula is C17H37ClN2O. The van der Waals surface area contributed by atoms with E-state index in [1.807, 2.05) is 0 Å². The summed E-state index contributed by atoms with van der Waals surface area (Å²) in [5.41, 5.74) is 0. The summed E-state index contributed by atoms with van der Waals surface area (Å²) in [6.45, 7) is 13.8. The number of nitrogens with zero attached hydrogens (tertiary/aromatic N) is 1. The number of carbonyl (C=O) groups is 1. The molecule has 128 valence electrons. The topological polar surface area (TPSA) is 32.3 Å². The van der Waals surface area contributed by atoms with Gasteiger partial charge in [-0.25, -0.2) is 0 Å². The zero-order valence-electron chi connectivity index (χ0n) is 14.8. The Bertz CT molecular complexity index is 241. The first-order chi connectivity index (χ1) is 9.60. The van der Waals surface area contributed by atoms with Gasteiger partial charge in [-0.05, 0) is 38.3 Å². The molecule has 0 spiro atoms. The maximum absolute atomic E-state index is 12.3. The standard InChI is InChI=1S/C17H36N2O.ClH/c1-6-10-12-19(13-11-7-2)14-18-17(20)16(9-4)15(5)8-3;/h15-16H,6-14H2,1-5H3,(H,18,20);1H. The Balaban J connectivity index is 0. The summed E-state index contributed by atoms with van der Waals surface area (Å²) in [6.07, 6.45) is 6.85. The second kappa shape index (κ2) is 14.6. The Hall–Kier alpha value is -0.280. The van der Waals surface area contributed by atoms with Gasteiger partial charge in [0.05, 0.1) is 6.67 Å². The molecule has 0 heterocycles. The molecule has 0 rings (SSSR count). The van der Waals surface area contributed by atoms with E-state index in [0.29, 0.717) is 12.6 Å². The molecule has 4 heteroatoms. The molecule has 3 nitrogen and oxygen atoms in total. The molecule has 1 N–H and O–H groups in total. The van der Waals surface area contributed by atoms with E-state index in [2.05, 4.69) is 44.8 Å². The van der Waals surface area contributed by atoms with Gasteiger partial charge >= 0.3 is 0 Å². The quantitative estimate of drug-likeness (QED) is 0.538. The number of halogens is 1. The number of rotatable bonds is 12. The second-order valence-electron chi connectivity index (χ2n) is 5.92. The van der Waals surface area contributed by atoms with Gasteiger partial charge in [-0.3, -0.25) is 9.69 Å². The molecule has 21 heavy (non-hydrogen) atoms. The van der Waals surface area contributed by atoms with Crippen molar-refractivity contribution in [3.8, 4) is 0 Å². The Morgan fingerprint density at radius 1 is 1.00 bits per heavy atom. The lowest BCUT2D eigenvalue weighted by Crippen LogP contribution is -2.42. The van der Waals surface area contributed by atoms with Gasteiger partial charge in [0, 0.05) is 5.92 Å². The molecule has 0 fully saturated rings. The molecule has 0 aliphatic rings. The molecule has 1 amide bonds. The van der Waals surface area contributed by atoms with Crippen LogP contribution in [0.15, 0.2) is 0 Å². The van der Waals surface area contributed by atoms with Crippen molar-refractivity contribution in [2.45, 2.75) is 73.1 Å². The molecule has 0 aliphatic carbocycles. The molecule has 0 saturated heterocycles. The third-order valence-corrected chi connectivity index (χ3v) is 4.24. The monoisotopic (exact) mass is 320 g/mol. The lowest BCUT2D eigenvalue weighted by Gasteiger charge is -2.25. The highest BCUT2D eigenvalue weighted by atomic mass is 35.5. The van der Waals surface area contributed by atoms with Crippen LogP contribution in [-0.4, -0.2) is 30.6 Å². The molecule has 0 aliphatic heterocycles. The molecule has 0 aromatic rings. The van der Waals surface area contributed by atoms with Gasteiger partial charge in [0.1, 0.15) is 0 Å². The zero-order chi connectivity index (χ0) is 15.4. The number of unbranched alkanes of at least 4 members (excludes halogenated alkanes) is 2. The van der Waals surface area contributed by atoms with E-state index in [1.54, 1.807) is 0 Å². The molecular weight excluding hydrogens is 284 g/mol. The highest BCUT2D eigenvalue weighted by Crippen LogP contribution is 2.18. The molecule has 0 radical (unpaired) electrons. The number of hydrogen-bond acceptors (Lipinski definition) is 2. The fourth-order valence-corrected chi connectivity index (χ4v) is 2.48. The zero-order valence-corrected chi connectivity index (χ0v) is 15.6. The fraction of sp³-hybridized carbons (Fsp3) is 0.941. The third-order valence-electron chi connectivity index (χ3n) is 4.24. The Labute approximate surface area is 138 Å². The van der Waals surface area contributed by atoms with Crippen molar-refractivity contribution in [2.24, 2.45) is 11.8 Å². The van der Waals surface area contributed by atoms with E-state index in [0.717, 1.165) is 25.9 Å². The average Bonchev–Trinajstić information content (AvgIpc) is 2.46. The van der Waals surface area contributed by atoms with Crippen LogP contribution in [-0.2, 0) is 4.79 Å². The van der Waals surface area contributed by atoms with Gasteiger partial charge in [-0.15, -0.1) is 12.4 Å². The lowest BCUT2D eigenvalue weighted by molar-refractivity contribution is -0.127. The van der Waals surface area contributed by atoms with Gasteiger partial charge in [-0.1, -0.05) is 53.9 Å². The SMILES string of the molecule is CCCCN(CCCC)CNC(=O)C(CC)C(C)CC.Cl. The normalized spacial score (nSPS) is 13.6. The molecule has 0 aromatic heterocycles. The van der Waals surface area contributed by atoms with E-state index < -0.39 is 0 Å². The van der Waals surface area contributed by atoms with Crippen molar-refractivity contribution in [3.63, 3.8) is 0 Å². The summed E-state index contributed by atoms with van der Waals surface area (Å²) < 4.78 is 0. The van der Waals surface area contributed by atoms with Gasteiger partial charge in [0.25, 0.3) is 0 Å². The van der Waals surface area contributed by atoms with Crippen molar-refractivity contribution in [1.29, 1.82) is 0 Å². The van der Waals surface area contributed by atoms with Crippen molar-refractivity contribution < 1.29 is 4.79 Å². The lowest BCUT2D eigenvalue weighted by atomic mass is 9.89. The first-order valence-electron chi connectivity index (χ1n) is 8.60. The van der Waals surface area contributed by atoms with Crippen molar-refractivity contribution in [2.75, 3.05) is 19.8 Å².